The summed E-state index contributed by atoms with van der Waals surface area (Å²) in [5.74, 6) is -2.33. The molecule has 0 radical (unpaired) electrons. The highest BCUT2D eigenvalue weighted by Gasteiger charge is 2.38. The standard InChI is InChI=1S/C17H18BrN3O.C2HF3O2/c18-16-8-5-14(11-20-16)17(22)21-15-6-3-12(4-7-15)13-2-1-9-19-10-13;3-2(4,5)1(6)7/h3-8,11,13,19H,1-2,9-10H2,(H,21,22);(H,6,7)/t13-;/m1./s1. The number of anilines is 1. The molecule has 6 nitrogen and oxygen atoms in total. The van der Waals surface area contributed by atoms with Crippen molar-refractivity contribution in [2.75, 3.05) is 18.4 Å². The maximum atomic E-state index is 12.1. The molecule has 1 aliphatic rings. The number of carboxylic acids is 1. The van der Waals surface area contributed by atoms with Gasteiger partial charge >= 0.3 is 12.1 Å². The summed E-state index contributed by atoms with van der Waals surface area (Å²) in [7, 11) is 0. The fourth-order valence-electron chi connectivity index (χ4n) is 2.69. The number of carbonyl (C=O) groups excluding carboxylic acids is 1. The van der Waals surface area contributed by atoms with Gasteiger partial charge in [-0.15, -0.1) is 0 Å². The van der Waals surface area contributed by atoms with Crippen molar-refractivity contribution in [2.24, 2.45) is 0 Å². The van der Waals surface area contributed by atoms with Crippen LogP contribution in [0.5, 0.6) is 0 Å². The van der Waals surface area contributed by atoms with Gasteiger partial charge in [0.05, 0.1) is 5.56 Å². The van der Waals surface area contributed by atoms with Crippen molar-refractivity contribution in [1.29, 1.82) is 0 Å². The Kier molecular flexibility index (Phi) is 8.15. The van der Waals surface area contributed by atoms with E-state index in [-0.39, 0.29) is 5.91 Å². The van der Waals surface area contributed by atoms with Crippen LogP contribution in [0.4, 0.5) is 18.9 Å². The second-order valence-corrected chi connectivity index (χ2v) is 7.10. The van der Waals surface area contributed by atoms with Gasteiger partial charge < -0.3 is 15.7 Å². The highest BCUT2D eigenvalue weighted by atomic mass is 79.9. The Morgan fingerprint density at radius 1 is 1.17 bits per heavy atom. The number of halogens is 4. The number of alkyl halides is 3. The maximum absolute atomic E-state index is 12.1. The number of hydrogen-bond acceptors (Lipinski definition) is 4. The number of pyridine rings is 1. The minimum Gasteiger partial charge on any atom is -0.475 e. The Morgan fingerprint density at radius 2 is 1.83 bits per heavy atom. The van der Waals surface area contributed by atoms with E-state index in [4.69, 9.17) is 9.90 Å². The van der Waals surface area contributed by atoms with Crippen molar-refractivity contribution < 1.29 is 27.9 Å². The monoisotopic (exact) mass is 473 g/mol. The molecule has 0 spiro atoms. The fraction of sp³-hybridized carbons (Fsp3) is 0.316. The normalized spacial score (nSPS) is 16.3. The average molecular weight is 474 g/mol. The van der Waals surface area contributed by atoms with Gasteiger partial charge in [-0.25, -0.2) is 9.78 Å². The highest BCUT2D eigenvalue weighted by Crippen LogP contribution is 2.24. The van der Waals surface area contributed by atoms with Crippen LogP contribution in [0, 0.1) is 0 Å². The number of nitrogens with one attached hydrogen (secondary N) is 2. The van der Waals surface area contributed by atoms with Gasteiger partial charge in [0.2, 0.25) is 0 Å². The maximum Gasteiger partial charge on any atom is 0.490 e. The van der Waals surface area contributed by atoms with Gasteiger partial charge in [0, 0.05) is 18.4 Å². The molecule has 0 unspecified atom stereocenters. The molecule has 1 aliphatic heterocycles. The molecule has 2 heterocycles. The van der Waals surface area contributed by atoms with Crippen LogP contribution in [0.3, 0.4) is 0 Å². The minimum absolute atomic E-state index is 0.146. The van der Waals surface area contributed by atoms with Crippen molar-refractivity contribution in [3.8, 4) is 0 Å². The van der Waals surface area contributed by atoms with Crippen LogP contribution in [0.2, 0.25) is 0 Å². The molecule has 1 atom stereocenters. The summed E-state index contributed by atoms with van der Waals surface area (Å²) in [4.78, 5) is 25.1. The van der Waals surface area contributed by atoms with Gasteiger partial charge in [-0.1, -0.05) is 12.1 Å². The molecular formula is C19H19BrF3N3O3. The van der Waals surface area contributed by atoms with E-state index < -0.39 is 12.1 Å². The smallest absolute Gasteiger partial charge is 0.475 e. The number of carbonyl (C=O) groups is 2. The third-order valence-corrected chi connectivity index (χ3v) is 4.64. The summed E-state index contributed by atoms with van der Waals surface area (Å²) in [6.45, 7) is 2.15. The first kappa shape index (κ1) is 22.8. The number of aromatic nitrogens is 1. The van der Waals surface area contributed by atoms with E-state index in [9.17, 15) is 18.0 Å². The summed E-state index contributed by atoms with van der Waals surface area (Å²) in [5.41, 5.74) is 2.68. The lowest BCUT2D eigenvalue weighted by atomic mass is 9.92. The van der Waals surface area contributed by atoms with Crippen LogP contribution < -0.4 is 10.6 Å². The van der Waals surface area contributed by atoms with Crippen LogP contribution in [-0.4, -0.2) is 41.2 Å². The molecule has 3 rings (SSSR count). The lowest BCUT2D eigenvalue weighted by Crippen LogP contribution is -2.28. The predicted molar refractivity (Wildman–Crippen MR) is 105 cm³/mol. The molecule has 1 aromatic heterocycles. The van der Waals surface area contributed by atoms with Crippen LogP contribution in [0.25, 0.3) is 0 Å². The third-order valence-electron chi connectivity index (χ3n) is 4.17. The molecule has 2 aromatic rings. The van der Waals surface area contributed by atoms with Gasteiger partial charge in [0.1, 0.15) is 4.60 Å². The zero-order valence-corrected chi connectivity index (χ0v) is 16.8. The lowest BCUT2D eigenvalue weighted by molar-refractivity contribution is -0.192. The fourth-order valence-corrected chi connectivity index (χ4v) is 2.92. The number of piperidine rings is 1. The molecule has 3 N–H and O–H groups in total. The number of amides is 1. The Balaban J connectivity index is 0.000000370. The summed E-state index contributed by atoms with van der Waals surface area (Å²) in [5, 5.41) is 13.4. The van der Waals surface area contributed by atoms with Crippen LogP contribution >= 0.6 is 15.9 Å². The van der Waals surface area contributed by atoms with Gasteiger partial charge in [0.25, 0.3) is 5.91 Å². The van der Waals surface area contributed by atoms with Gasteiger partial charge in [-0.3, -0.25) is 4.79 Å². The second kappa shape index (κ2) is 10.4. The van der Waals surface area contributed by atoms with Crippen molar-refractivity contribution in [2.45, 2.75) is 24.9 Å². The van der Waals surface area contributed by atoms with E-state index in [2.05, 4.69) is 43.7 Å². The van der Waals surface area contributed by atoms with E-state index in [1.807, 2.05) is 12.1 Å². The number of benzene rings is 1. The average Bonchev–Trinajstić information content (AvgIpc) is 2.69. The molecule has 156 valence electrons. The lowest BCUT2D eigenvalue weighted by Gasteiger charge is -2.23. The summed E-state index contributed by atoms with van der Waals surface area (Å²) >= 11 is 3.26. The number of hydrogen-bond donors (Lipinski definition) is 3. The molecule has 29 heavy (non-hydrogen) atoms. The van der Waals surface area contributed by atoms with Crippen molar-refractivity contribution >= 4 is 33.5 Å². The first-order valence-corrected chi connectivity index (χ1v) is 9.50. The zero-order valence-electron chi connectivity index (χ0n) is 15.2. The molecule has 10 heteroatoms. The Hall–Kier alpha value is -2.46. The second-order valence-electron chi connectivity index (χ2n) is 6.29. The molecular weight excluding hydrogens is 455 g/mol. The molecule has 1 aromatic carbocycles. The van der Waals surface area contributed by atoms with Crippen molar-refractivity contribution in [3.63, 3.8) is 0 Å². The van der Waals surface area contributed by atoms with Crippen LogP contribution in [0.15, 0.2) is 47.2 Å². The number of nitrogens with zero attached hydrogens (tertiary/aromatic N) is 1. The van der Waals surface area contributed by atoms with Crippen molar-refractivity contribution in [3.05, 3.63) is 58.3 Å². The van der Waals surface area contributed by atoms with Gasteiger partial charge in [-0.2, -0.15) is 13.2 Å². The molecule has 1 saturated heterocycles. The van der Waals surface area contributed by atoms with E-state index in [1.54, 1.807) is 18.3 Å². The van der Waals surface area contributed by atoms with E-state index in [1.165, 1.54) is 18.4 Å². The molecule has 0 aliphatic carbocycles. The largest absolute Gasteiger partial charge is 0.490 e. The predicted octanol–water partition coefficient (Wildman–Crippen LogP) is 4.20. The number of carboxylic acid groups (broad SMARTS) is 1. The van der Waals surface area contributed by atoms with E-state index >= 15 is 0 Å². The minimum atomic E-state index is -5.08. The SMILES string of the molecule is O=C(Nc1ccc([C@@H]2CCCNC2)cc1)c1ccc(Br)nc1.O=C(O)C(F)(F)F. The zero-order chi connectivity index (χ0) is 21.4. The summed E-state index contributed by atoms with van der Waals surface area (Å²) < 4.78 is 32.5. The number of aliphatic carboxylic acids is 1. The summed E-state index contributed by atoms with van der Waals surface area (Å²) in [6.07, 6.45) is -1.08. The molecule has 1 amide bonds. The van der Waals surface area contributed by atoms with Crippen molar-refractivity contribution in [1.82, 2.24) is 10.3 Å². The number of rotatable bonds is 3. The Bertz CT molecular complexity index is 821. The first-order valence-electron chi connectivity index (χ1n) is 8.70. The molecule has 1 fully saturated rings. The third kappa shape index (κ3) is 7.47. The van der Waals surface area contributed by atoms with Gasteiger partial charge in [0.15, 0.2) is 0 Å². The molecule has 0 saturated carbocycles. The van der Waals surface area contributed by atoms with Crippen LogP contribution in [0.1, 0.15) is 34.7 Å². The van der Waals surface area contributed by atoms with Crippen LogP contribution in [-0.2, 0) is 4.79 Å². The topological polar surface area (TPSA) is 91.3 Å². The van der Waals surface area contributed by atoms with E-state index in [0.29, 0.717) is 11.5 Å². The highest BCUT2D eigenvalue weighted by molar-refractivity contribution is 9.10. The Morgan fingerprint density at radius 3 is 2.31 bits per heavy atom. The Labute approximate surface area is 173 Å². The molecule has 0 bridgehead atoms. The first-order chi connectivity index (χ1) is 13.7. The summed E-state index contributed by atoms with van der Waals surface area (Å²) in [6, 6.07) is 11.6. The quantitative estimate of drug-likeness (QED) is 0.581. The van der Waals surface area contributed by atoms with E-state index in [0.717, 1.165) is 23.4 Å². The van der Waals surface area contributed by atoms with Gasteiger partial charge in [-0.05, 0) is 71.1 Å².